The van der Waals surface area contributed by atoms with Crippen molar-refractivity contribution in [1.29, 1.82) is 0 Å². The maximum atomic E-state index is 12.8. The lowest BCUT2D eigenvalue weighted by molar-refractivity contribution is -0.111. The average molecular weight is 475 g/mol. The van der Waals surface area contributed by atoms with Gasteiger partial charge in [0.1, 0.15) is 0 Å². The molecule has 0 saturated carbocycles. The Morgan fingerprint density at radius 3 is 2.57 bits per heavy atom. The average Bonchev–Trinajstić information content (AvgIpc) is 3.35. The summed E-state index contributed by atoms with van der Waals surface area (Å²) < 4.78 is 21.2. The summed E-state index contributed by atoms with van der Waals surface area (Å²) in [6.45, 7) is 0.608. The molecular formula is C27H26N2O6. The Labute approximate surface area is 203 Å². The van der Waals surface area contributed by atoms with E-state index in [0.717, 1.165) is 11.1 Å². The van der Waals surface area contributed by atoms with Crippen LogP contribution in [0.5, 0.6) is 23.0 Å². The number of ether oxygens (including phenoxy) is 4. The smallest absolute Gasteiger partial charge is 0.253 e. The number of carbonyl (C=O) groups is 2. The summed E-state index contributed by atoms with van der Waals surface area (Å²) in [5.74, 6) is 1.98. The second-order valence-corrected chi connectivity index (χ2v) is 7.68. The fourth-order valence-corrected chi connectivity index (χ4v) is 3.60. The Morgan fingerprint density at radius 2 is 1.74 bits per heavy atom. The summed E-state index contributed by atoms with van der Waals surface area (Å²) in [5.41, 5.74) is 2.60. The number of methoxy groups -OCH3 is 2. The highest BCUT2D eigenvalue weighted by Crippen LogP contribution is 2.32. The van der Waals surface area contributed by atoms with Crippen molar-refractivity contribution in [1.82, 2.24) is 5.32 Å². The lowest BCUT2D eigenvalue weighted by Gasteiger charge is -2.12. The van der Waals surface area contributed by atoms with Crippen LogP contribution in [-0.2, 0) is 11.2 Å². The Hall–Kier alpha value is -4.46. The lowest BCUT2D eigenvalue weighted by atomic mass is 10.1. The molecule has 0 bridgehead atoms. The molecular weight excluding hydrogens is 448 g/mol. The molecule has 1 aliphatic rings. The van der Waals surface area contributed by atoms with Gasteiger partial charge in [0.2, 0.25) is 12.7 Å². The second kappa shape index (κ2) is 11.1. The zero-order valence-electron chi connectivity index (χ0n) is 19.5. The van der Waals surface area contributed by atoms with Crippen molar-refractivity contribution in [3.05, 3.63) is 83.4 Å². The highest BCUT2D eigenvalue weighted by Gasteiger charge is 2.14. The van der Waals surface area contributed by atoms with E-state index in [1.165, 1.54) is 6.08 Å². The molecule has 1 aliphatic heterocycles. The van der Waals surface area contributed by atoms with E-state index in [1.807, 2.05) is 24.3 Å². The van der Waals surface area contributed by atoms with Gasteiger partial charge in [-0.05, 0) is 60.0 Å². The van der Waals surface area contributed by atoms with Gasteiger partial charge < -0.3 is 29.6 Å². The van der Waals surface area contributed by atoms with E-state index in [1.54, 1.807) is 56.7 Å². The number of amides is 2. The van der Waals surface area contributed by atoms with Gasteiger partial charge in [-0.3, -0.25) is 9.59 Å². The van der Waals surface area contributed by atoms with Crippen LogP contribution in [0.25, 0.3) is 6.08 Å². The van der Waals surface area contributed by atoms with Crippen LogP contribution in [0.2, 0.25) is 0 Å². The SMILES string of the molecule is COc1ccc(CCNC(=O)c2ccccc2NC(=O)/C=C/c2ccc3c(c2)OCO3)cc1OC. The zero-order valence-corrected chi connectivity index (χ0v) is 19.5. The number of carbonyl (C=O) groups excluding carboxylic acids is 2. The van der Waals surface area contributed by atoms with E-state index in [0.29, 0.717) is 47.2 Å². The molecule has 35 heavy (non-hydrogen) atoms. The highest BCUT2D eigenvalue weighted by atomic mass is 16.7. The molecule has 0 saturated heterocycles. The first kappa shape index (κ1) is 23.7. The van der Waals surface area contributed by atoms with Gasteiger partial charge in [-0.2, -0.15) is 0 Å². The van der Waals surface area contributed by atoms with Gasteiger partial charge in [0, 0.05) is 12.6 Å². The molecule has 0 aliphatic carbocycles. The number of para-hydroxylation sites is 1. The maximum Gasteiger partial charge on any atom is 0.253 e. The van der Waals surface area contributed by atoms with Gasteiger partial charge >= 0.3 is 0 Å². The first-order valence-corrected chi connectivity index (χ1v) is 11.0. The van der Waals surface area contributed by atoms with Gasteiger partial charge in [0.05, 0.1) is 25.5 Å². The molecule has 4 rings (SSSR count). The molecule has 0 spiro atoms. The number of nitrogens with one attached hydrogen (secondary N) is 2. The van der Waals surface area contributed by atoms with E-state index in [2.05, 4.69) is 10.6 Å². The molecule has 0 fully saturated rings. The number of hydrogen-bond acceptors (Lipinski definition) is 6. The predicted molar refractivity (Wildman–Crippen MR) is 132 cm³/mol. The fourth-order valence-electron chi connectivity index (χ4n) is 3.60. The Balaban J connectivity index is 1.35. The molecule has 3 aromatic carbocycles. The molecule has 8 nitrogen and oxygen atoms in total. The number of anilines is 1. The third-order valence-corrected chi connectivity index (χ3v) is 5.40. The van der Waals surface area contributed by atoms with Crippen molar-refractivity contribution in [3.8, 4) is 23.0 Å². The minimum atomic E-state index is -0.353. The third kappa shape index (κ3) is 5.92. The van der Waals surface area contributed by atoms with Crippen LogP contribution in [0.4, 0.5) is 5.69 Å². The molecule has 8 heteroatoms. The van der Waals surface area contributed by atoms with Crippen molar-refractivity contribution in [3.63, 3.8) is 0 Å². The minimum Gasteiger partial charge on any atom is -0.493 e. The van der Waals surface area contributed by atoms with Crippen LogP contribution >= 0.6 is 0 Å². The van der Waals surface area contributed by atoms with Crippen molar-refractivity contribution in [2.75, 3.05) is 32.9 Å². The summed E-state index contributed by atoms with van der Waals surface area (Å²) in [5, 5.41) is 5.68. The van der Waals surface area contributed by atoms with Crippen LogP contribution in [0.1, 0.15) is 21.5 Å². The Kier molecular flexibility index (Phi) is 7.52. The van der Waals surface area contributed by atoms with Gasteiger partial charge in [-0.25, -0.2) is 0 Å². The third-order valence-electron chi connectivity index (χ3n) is 5.40. The quantitative estimate of drug-likeness (QED) is 0.454. The van der Waals surface area contributed by atoms with E-state index in [9.17, 15) is 9.59 Å². The first-order chi connectivity index (χ1) is 17.1. The van der Waals surface area contributed by atoms with Gasteiger partial charge in [0.15, 0.2) is 23.0 Å². The largest absolute Gasteiger partial charge is 0.493 e. The highest BCUT2D eigenvalue weighted by molar-refractivity contribution is 6.07. The van der Waals surface area contributed by atoms with Crippen molar-refractivity contribution in [2.45, 2.75) is 6.42 Å². The zero-order chi connectivity index (χ0) is 24.6. The maximum absolute atomic E-state index is 12.8. The van der Waals surface area contributed by atoms with Crippen LogP contribution in [0.15, 0.2) is 66.7 Å². The van der Waals surface area contributed by atoms with Gasteiger partial charge in [0.25, 0.3) is 5.91 Å². The van der Waals surface area contributed by atoms with Gasteiger partial charge in [-0.15, -0.1) is 0 Å². The molecule has 0 radical (unpaired) electrons. The molecule has 2 amide bonds. The molecule has 1 heterocycles. The minimum absolute atomic E-state index is 0.191. The summed E-state index contributed by atoms with van der Waals surface area (Å²) in [7, 11) is 3.17. The topological polar surface area (TPSA) is 95.1 Å². The molecule has 0 unspecified atom stereocenters. The number of fused-ring (bicyclic) bond motifs is 1. The van der Waals surface area contributed by atoms with Crippen LogP contribution in [-0.4, -0.2) is 39.4 Å². The van der Waals surface area contributed by atoms with Crippen LogP contribution < -0.4 is 29.6 Å². The number of rotatable bonds is 9. The first-order valence-electron chi connectivity index (χ1n) is 11.0. The molecule has 0 aromatic heterocycles. The Bertz CT molecular complexity index is 1250. The predicted octanol–water partition coefficient (Wildman–Crippen LogP) is 4.06. The Morgan fingerprint density at radius 1 is 0.943 bits per heavy atom. The lowest BCUT2D eigenvalue weighted by Crippen LogP contribution is -2.27. The normalized spacial score (nSPS) is 11.8. The van der Waals surface area contributed by atoms with E-state index >= 15 is 0 Å². The summed E-state index contributed by atoms with van der Waals surface area (Å²) in [6.07, 6.45) is 3.69. The molecule has 180 valence electrons. The summed E-state index contributed by atoms with van der Waals surface area (Å²) >= 11 is 0. The van der Waals surface area contributed by atoms with Crippen molar-refractivity contribution < 1.29 is 28.5 Å². The van der Waals surface area contributed by atoms with Crippen LogP contribution in [0.3, 0.4) is 0 Å². The molecule has 3 aromatic rings. The monoisotopic (exact) mass is 474 g/mol. The van der Waals surface area contributed by atoms with Crippen molar-refractivity contribution in [2.24, 2.45) is 0 Å². The standard InChI is InChI=1S/C27H26N2O6/c1-32-22-10-7-19(15-24(22)33-2)13-14-28-27(31)20-5-3-4-6-21(20)29-26(30)12-9-18-8-11-23-25(16-18)35-17-34-23/h3-12,15-16H,13-14,17H2,1-2H3,(H,28,31)(H,29,30)/b12-9+. The fraction of sp³-hybridized carbons (Fsp3) is 0.185. The molecule has 2 N–H and O–H groups in total. The van der Waals surface area contributed by atoms with E-state index in [4.69, 9.17) is 18.9 Å². The summed E-state index contributed by atoms with van der Waals surface area (Å²) in [4.78, 5) is 25.3. The number of hydrogen-bond donors (Lipinski definition) is 2. The van der Waals surface area contributed by atoms with E-state index in [-0.39, 0.29) is 18.6 Å². The van der Waals surface area contributed by atoms with Crippen molar-refractivity contribution >= 4 is 23.6 Å². The second-order valence-electron chi connectivity index (χ2n) is 7.68. The number of benzene rings is 3. The molecule has 0 atom stereocenters. The van der Waals surface area contributed by atoms with E-state index < -0.39 is 0 Å². The van der Waals surface area contributed by atoms with Crippen LogP contribution in [0, 0.1) is 0 Å². The summed E-state index contributed by atoms with van der Waals surface area (Å²) in [6, 6.07) is 17.9. The van der Waals surface area contributed by atoms with Gasteiger partial charge in [-0.1, -0.05) is 24.3 Å².